The van der Waals surface area contributed by atoms with Gasteiger partial charge >= 0.3 is 5.97 Å². The molecular formula is C12H10BrNO2S. The summed E-state index contributed by atoms with van der Waals surface area (Å²) in [4.78, 5) is 16.2. The highest BCUT2D eigenvalue weighted by Crippen LogP contribution is 2.33. The smallest absolute Gasteiger partial charge is 0.304 e. The molecule has 0 aliphatic heterocycles. The first kappa shape index (κ1) is 12.3. The molecule has 17 heavy (non-hydrogen) atoms. The Morgan fingerprint density at radius 1 is 1.53 bits per heavy atom. The first-order valence-electron chi connectivity index (χ1n) is 5.03. The minimum Gasteiger partial charge on any atom is -0.481 e. The average Bonchev–Trinajstić information content (AvgIpc) is 2.73. The lowest BCUT2D eigenvalue weighted by Crippen LogP contribution is -2.08. The lowest BCUT2D eigenvalue weighted by atomic mass is 9.99. The Kier molecular flexibility index (Phi) is 3.91. The third kappa shape index (κ3) is 3.14. The van der Waals surface area contributed by atoms with Gasteiger partial charge in [-0.25, -0.2) is 0 Å². The zero-order valence-corrected chi connectivity index (χ0v) is 11.2. The zero-order chi connectivity index (χ0) is 12.3. The highest BCUT2D eigenvalue weighted by molar-refractivity contribution is 9.10. The molecule has 0 aliphatic carbocycles. The van der Waals surface area contributed by atoms with Crippen LogP contribution in [0.15, 0.2) is 40.3 Å². The van der Waals surface area contributed by atoms with Crippen LogP contribution in [0.2, 0.25) is 0 Å². The van der Waals surface area contributed by atoms with E-state index in [1.807, 2.05) is 29.6 Å². The molecule has 0 saturated heterocycles. The van der Waals surface area contributed by atoms with Crippen LogP contribution < -0.4 is 0 Å². The second-order valence-electron chi connectivity index (χ2n) is 3.57. The van der Waals surface area contributed by atoms with Gasteiger partial charge in [-0.15, -0.1) is 11.3 Å². The van der Waals surface area contributed by atoms with Crippen LogP contribution in [0.3, 0.4) is 0 Å². The summed E-state index contributed by atoms with van der Waals surface area (Å²) in [5.74, 6) is -0.991. The van der Waals surface area contributed by atoms with Crippen LogP contribution in [0.25, 0.3) is 0 Å². The molecule has 3 nitrogen and oxygen atoms in total. The van der Waals surface area contributed by atoms with E-state index < -0.39 is 5.97 Å². The van der Waals surface area contributed by atoms with Crippen LogP contribution in [0.5, 0.6) is 0 Å². The molecule has 0 spiro atoms. The lowest BCUT2D eigenvalue weighted by Gasteiger charge is -2.11. The fourth-order valence-electron chi connectivity index (χ4n) is 1.62. The fourth-order valence-corrected chi connectivity index (χ4v) is 3.18. The van der Waals surface area contributed by atoms with E-state index in [1.165, 1.54) is 0 Å². The Bertz CT molecular complexity index is 512. The SMILES string of the molecule is O=C(O)CC(c1ccccn1)c1cc(Br)cs1. The molecule has 2 aromatic heterocycles. The summed E-state index contributed by atoms with van der Waals surface area (Å²) in [6.07, 6.45) is 1.75. The lowest BCUT2D eigenvalue weighted by molar-refractivity contribution is -0.137. The number of pyridine rings is 1. The van der Waals surface area contributed by atoms with Gasteiger partial charge in [-0.05, 0) is 34.1 Å². The van der Waals surface area contributed by atoms with Crippen molar-refractivity contribution < 1.29 is 9.90 Å². The summed E-state index contributed by atoms with van der Waals surface area (Å²) >= 11 is 4.93. The molecule has 2 heterocycles. The maximum absolute atomic E-state index is 10.9. The van der Waals surface area contributed by atoms with E-state index in [0.717, 1.165) is 15.0 Å². The van der Waals surface area contributed by atoms with Crippen molar-refractivity contribution >= 4 is 33.2 Å². The number of rotatable bonds is 4. The molecule has 0 bridgehead atoms. The molecule has 2 aromatic rings. The van der Waals surface area contributed by atoms with Crippen molar-refractivity contribution in [2.45, 2.75) is 12.3 Å². The van der Waals surface area contributed by atoms with Crippen LogP contribution in [0.4, 0.5) is 0 Å². The zero-order valence-electron chi connectivity index (χ0n) is 8.84. The Hall–Kier alpha value is -1.20. The number of aliphatic carboxylic acids is 1. The van der Waals surface area contributed by atoms with Gasteiger partial charge in [0, 0.05) is 32.5 Å². The van der Waals surface area contributed by atoms with Crippen molar-refractivity contribution in [1.29, 1.82) is 0 Å². The largest absolute Gasteiger partial charge is 0.481 e. The van der Waals surface area contributed by atoms with Crippen LogP contribution in [0.1, 0.15) is 22.9 Å². The number of thiophene rings is 1. The number of aromatic nitrogens is 1. The van der Waals surface area contributed by atoms with Crippen molar-refractivity contribution in [3.63, 3.8) is 0 Å². The Morgan fingerprint density at radius 2 is 2.35 bits per heavy atom. The monoisotopic (exact) mass is 311 g/mol. The maximum Gasteiger partial charge on any atom is 0.304 e. The van der Waals surface area contributed by atoms with Crippen molar-refractivity contribution in [2.75, 3.05) is 0 Å². The number of halogens is 1. The summed E-state index contributed by atoms with van der Waals surface area (Å²) < 4.78 is 0.976. The van der Waals surface area contributed by atoms with E-state index in [2.05, 4.69) is 20.9 Å². The second kappa shape index (κ2) is 5.42. The minimum atomic E-state index is -0.815. The number of nitrogens with zero attached hydrogens (tertiary/aromatic N) is 1. The molecule has 0 radical (unpaired) electrons. The summed E-state index contributed by atoms with van der Waals surface area (Å²) in [6, 6.07) is 7.51. The van der Waals surface area contributed by atoms with E-state index in [4.69, 9.17) is 5.11 Å². The number of carboxylic acid groups (broad SMARTS) is 1. The standard InChI is InChI=1S/C12H10BrNO2S/c13-8-5-11(17-7-8)9(6-12(15)16)10-3-1-2-4-14-10/h1-5,7,9H,6H2,(H,15,16). The molecule has 88 valence electrons. The summed E-state index contributed by atoms with van der Waals surface area (Å²) in [5, 5.41) is 10.9. The van der Waals surface area contributed by atoms with Gasteiger partial charge in [-0.3, -0.25) is 9.78 Å². The minimum absolute atomic E-state index is 0.0595. The Labute approximate surface area is 111 Å². The first-order chi connectivity index (χ1) is 8.16. The number of hydrogen-bond acceptors (Lipinski definition) is 3. The van der Waals surface area contributed by atoms with Gasteiger partial charge in [-0.1, -0.05) is 6.07 Å². The van der Waals surface area contributed by atoms with E-state index >= 15 is 0 Å². The average molecular weight is 312 g/mol. The molecule has 1 N–H and O–H groups in total. The van der Waals surface area contributed by atoms with E-state index in [1.54, 1.807) is 17.5 Å². The topological polar surface area (TPSA) is 50.2 Å². The van der Waals surface area contributed by atoms with E-state index in [-0.39, 0.29) is 12.3 Å². The van der Waals surface area contributed by atoms with E-state index in [0.29, 0.717) is 0 Å². The van der Waals surface area contributed by atoms with Gasteiger partial charge in [0.1, 0.15) is 0 Å². The van der Waals surface area contributed by atoms with Crippen LogP contribution >= 0.6 is 27.3 Å². The fraction of sp³-hybridized carbons (Fsp3) is 0.167. The van der Waals surface area contributed by atoms with Crippen molar-refractivity contribution in [3.8, 4) is 0 Å². The number of carboxylic acids is 1. The summed E-state index contributed by atoms with van der Waals surface area (Å²) in [7, 11) is 0. The van der Waals surface area contributed by atoms with Gasteiger partial charge in [0.25, 0.3) is 0 Å². The molecule has 0 aliphatic rings. The Morgan fingerprint density at radius 3 is 2.88 bits per heavy atom. The molecule has 1 atom stereocenters. The van der Waals surface area contributed by atoms with Crippen molar-refractivity contribution in [2.24, 2.45) is 0 Å². The summed E-state index contributed by atoms with van der Waals surface area (Å²) in [6.45, 7) is 0. The summed E-state index contributed by atoms with van der Waals surface area (Å²) in [5.41, 5.74) is 0.796. The molecule has 0 fully saturated rings. The van der Waals surface area contributed by atoms with Gasteiger partial charge in [-0.2, -0.15) is 0 Å². The molecule has 0 aromatic carbocycles. The first-order valence-corrected chi connectivity index (χ1v) is 6.70. The number of hydrogen-bond donors (Lipinski definition) is 1. The molecule has 0 amide bonds. The Balaban J connectivity index is 2.35. The van der Waals surface area contributed by atoms with Crippen LogP contribution in [-0.4, -0.2) is 16.1 Å². The normalized spacial score (nSPS) is 12.3. The molecule has 2 rings (SSSR count). The van der Waals surface area contributed by atoms with Gasteiger partial charge in [0.05, 0.1) is 6.42 Å². The third-order valence-electron chi connectivity index (χ3n) is 2.35. The molecular weight excluding hydrogens is 302 g/mol. The van der Waals surface area contributed by atoms with Crippen molar-refractivity contribution in [3.05, 3.63) is 50.9 Å². The molecule has 1 unspecified atom stereocenters. The predicted octanol–water partition coefficient (Wildman–Crippen LogP) is 3.51. The molecule has 5 heteroatoms. The maximum atomic E-state index is 10.9. The highest BCUT2D eigenvalue weighted by atomic mass is 79.9. The number of carbonyl (C=O) groups is 1. The van der Waals surface area contributed by atoms with Gasteiger partial charge in [0.2, 0.25) is 0 Å². The highest BCUT2D eigenvalue weighted by Gasteiger charge is 2.20. The van der Waals surface area contributed by atoms with Crippen molar-refractivity contribution in [1.82, 2.24) is 4.98 Å². The van der Waals surface area contributed by atoms with Gasteiger partial charge < -0.3 is 5.11 Å². The molecule has 0 saturated carbocycles. The quantitative estimate of drug-likeness (QED) is 0.940. The third-order valence-corrected chi connectivity index (χ3v) is 4.16. The second-order valence-corrected chi connectivity index (χ2v) is 5.43. The van der Waals surface area contributed by atoms with E-state index in [9.17, 15) is 4.79 Å². The van der Waals surface area contributed by atoms with Gasteiger partial charge in [0.15, 0.2) is 0 Å². The van der Waals surface area contributed by atoms with Crippen LogP contribution in [0, 0.1) is 0 Å². The van der Waals surface area contributed by atoms with Crippen LogP contribution in [-0.2, 0) is 4.79 Å². The predicted molar refractivity (Wildman–Crippen MR) is 70.4 cm³/mol.